The normalized spacial score (nSPS) is 11.6. The summed E-state index contributed by atoms with van der Waals surface area (Å²) in [6.45, 7) is 1.64. The first kappa shape index (κ1) is 21.8. The number of hydrogen-bond donors (Lipinski definition) is 1. The summed E-state index contributed by atoms with van der Waals surface area (Å²) < 4.78 is 60.1. The highest BCUT2D eigenvalue weighted by Crippen LogP contribution is 2.36. The lowest BCUT2D eigenvalue weighted by molar-refractivity contribution is -0.234. The van der Waals surface area contributed by atoms with Crippen molar-refractivity contribution in [2.24, 2.45) is 0 Å². The van der Waals surface area contributed by atoms with Gasteiger partial charge in [0, 0.05) is 23.9 Å². The second-order valence-electron chi connectivity index (χ2n) is 6.88. The number of nitriles is 1. The number of carbonyl (C=O) groups is 1. The second-order valence-corrected chi connectivity index (χ2v) is 6.88. The van der Waals surface area contributed by atoms with E-state index in [9.17, 15) is 27.6 Å². The van der Waals surface area contributed by atoms with Crippen molar-refractivity contribution in [1.29, 1.82) is 5.26 Å². The van der Waals surface area contributed by atoms with Crippen molar-refractivity contribution in [3.05, 3.63) is 54.1 Å². The third-order valence-corrected chi connectivity index (χ3v) is 4.29. The van der Waals surface area contributed by atoms with Crippen molar-refractivity contribution >= 4 is 12.2 Å². The number of pyridine rings is 1. The first-order chi connectivity index (χ1) is 14.6. The number of amides is 1. The van der Waals surface area contributed by atoms with Crippen molar-refractivity contribution in [3.63, 3.8) is 0 Å². The van der Waals surface area contributed by atoms with Crippen LogP contribution in [0, 0.1) is 17.1 Å². The Bertz CT molecular complexity index is 1170. The predicted molar refractivity (Wildman–Crippen MR) is 102 cm³/mol. The zero-order valence-corrected chi connectivity index (χ0v) is 16.2. The number of anilines is 1. The van der Waals surface area contributed by atoms with Crippen molar-refractivity contribution in [1.82, 2.24) is 14.8 Å². The van der Waals surface area contributed by atoms with Gasteiger partial charge in [-0.2, -0.15) is 18.4 Å². The molecule has 2 heterocycles. The van der Waals surface area contributed by atoms with Gasteiger partial charge in [0.1, 0.15) is 23.3 Å². The van der Waals surface area contributed by atoms with E-state index in [-0.39, 0.29) is 34.1 Å². The summed E-state index contributed by atoms with van der Waals surface area (Å²) >= 11 is 0. The molecule has 3 rings (SSSR count). The van der Waals surface area contributed by atoms with Crippen molar-refractivity contribution in [3.8, 4) is 28.8 Å². The molecule has 0 spiro atoms. The van der Waals surface area contributed by atoms with Crippen LogP contribution in [0.5, 0.6) is 5.75 Å². The summed E-state index contributed by atoms with van der Waals surface area (Å²) in [5, 5.41) is 15.9. The van der Waals surface area contributed by atoms with Crippen LogP contribution >= 0.6 is 0 Å². The molecule has 0 saturated carbocycles. The van der Waals surface area contributed by atoms with Gasteiger partial charge in [-0.05, 0) is 32.0 Å². The average molecular weight is 433 g/mol. The van der Waals surface area contributed by atoms with Crippen LogP contribution in [0.15, 0.2) is 42.7 Å². The largest absolute Gasteiger partial charge is 0.478 e. The van der Waals surface area contributed by atoms with Crippen LogP contribution in [-0.4, -0.2) is 33.0 Å². The highest BCUT2D eigenvalue weighted by molar-refractivity contribution is 5.74. The molecule has 31 heavy (non-hydrogen) atoms. The summed E-state index contributed by atoms with van der Waals surface area (Å²) in [6.07, 6.45) is -1.59. The summed E-state index contributed by atoms with van der Waals surface area (Å²) in [6, 6.07) is 7.87. The number of alkyl halides is 3. The Morgan fingerprint density at radius 1 is 1.23 bits per heavy atom. The maximum atomic E-state index is 14.3. The standard InChI is InChI=1S/C20H15F4N5O2/c1-19(2,20(22,23)24)31-15-6-13(5-14(21)7-15)16-8-18(27-11-30)28-29(16)17-10-26-4-3-12(17)9-25/h3-8,10-11H,1-2H3,(H,27,28,30). The molecule has 7 nitrogen and oxygen atoms in total. The molecule has 0 aliphatic heterocycles. The van der Waals surface area contributed by atoms with Gasteiger partial charge in [0.2, 0.25) is 6.41 Å². The molecule has 0 atom stereocenters. The zero-order chi connectivity index (χ0) is 22.8. The zero-order valence-electron chi connectivity index (χ0n) is 16.2. The molecule has 2 aromatic heterocycles. The number of hydrogen-bond acceptors (Lipinski definition) is 5. The molecule has 0 bridgehead atoms. The van der Waals surface area contributed by atoms with Gasteiger partial charge < -0.3 is 10.1 Å². The highest BCUT2D eigenvalue weighted by Gasteiger charge is 2.49. The van der Waals surface area contributed by atoms with Gasteiger partial charge in [0.05, 0.1) is 17.5 Å². The van der Waals surface area contributed by atoms with E-state index in [1.807, 2.05) is 6.07 Å². The van der Waals surface area contributed by atoms with E-state index in [1.165, 1.54) is 35.3 Å². The Hall–Kier alpha value is -3.94. The molecule has 0 fully saturated rings. The number of ether oxygens (including phenoxy) is 1. The Labute approximate surface area is 173 Å². The molecule has 0 unspecified atom stereocenters. The first-order valence-electron chi connectivity index (χ1n) is 8.77. The van der Waals surface area contributed by atoms with E-state index < -0.39 is 17.6 Å². The molecule has 160 valence electrons. The molecule has 11 heteroatoms. The smallest absolute Gasteiger partial charge is 0.427 e. The van der Waals surface area contributed by atoms with E-state index in [1.54, 1.807) is 0 Å². The second kappa shape index (κ2) is 8.06. The van der Waals surface area contributed by atoms with Crippen LogP contribution in [0.4, 0.5) is 23.4 Å². The lowest BCUT2D eigenvalue weighted by Crippen LogP contribution is -2.44. The molecule has 1 N–H and O–H groups in total. The minimum Gasteiger partial charge on any atom is -0.478 e. The van der Waals surface area contributed by atoms with Crippen LogP contribution in [0.2, 0.25) is 0 Å². The Morgan fingerprint density at radius 3 is 2.61 bits per heavy atom. The number of halogens is 4. The number of rotatable bonds is 6. The molecule has 0 aliphatic carbocycles. The van der Waals surface area contributed by atoms with Crippen LogP contribution in [0.1, 0.15) is 19.4 Å². The van der Waals surface area contributed by atoms with Gasteiger partial charge in [0.15, 0.2) is 11.4 Å². The molecule has 0 aliphatic rings. The van der Waals surface area contributed by atoms with Crippen LogP contribution < -0.4 is 10.1 Å². The van der Waals surface area contributed by atoms with Crippen molar-refractivity contribution < 1.29 is 27.1 Å². The number of carbonyl (C=O) groups excluding carboxylic acids is 1. The number of nitrogens with one attached hydrogen (secondary N) is 1. The quantitative estimate of drug-likeness (QED) is 0.464. The SMILES string of the molecule is CC(C)(Oc1cc(F)cc(-c2cc(NC=O)nn2-c2cnccc2C#N)c1)C(F)(F)F. The molecule has 1 amide bonds. The predicted octanol–water partition coefficient (Wildman–Crippen LogP) is 4.23. The van der Waals surface area contributed by atoms with Crippen molar-refractivity contribution in [2.75, 3.05) is 5.32 Å². The van der Waals surface area contributed by atoms with Crippen molar-refractivity contribution in [2.45, 2.75) is 25.6 Å². The molecule has 1 aromatic carbocycles. The van der Waals surface area contributed by atoms with Gasteiger partial charge in [0.25, 0.3) is 0 Å². The fraction of sp³-hybridized carbons (Fsp3) is 0.200. The molecular formula is C20H15F4N5O2. The maximum absolute atomic E-state index is 14.3. The van der Waals surface area contributed by atoms with E-state index in [4.69, 9.17) is 4.74 Å². The van der Waals surface area contributed by atoms with Gasteiger partial charge in [-0.1, -0.05) is 0 Å². The van der Waals surface area contributed by atoms with Crippen LogP contribution in [-0.2, 0) is 4.79 Å². The highest BCUT2D eigenvalue weighted by atomic mass is 19.4. The topological polar surface area (TPSA) is 92.8 Å². The molecular weight excluding hydrogens is 418 g/mol. The minimum atomic E-state index is -4.69. The van der Waals surface area contributed by atoms with E-state index in [2.05, 4.69) is 15.4 Å². The Kier molecular flexibility index (Phi) is 5.66. The molecule has 0 radical (unpaired) electrons. The summed E-state index contributed by atoms with van der Waals surface area (Å²) in [5.74, 6) is -1.14. The third-order valence-electron chi connectivity index (χ3n) is 4.29. The minimum absolute atomic E-state index is 0.0695. The van der Waals surface area contributed by atoms with Gasteiger partial charge in [-0.25, -0.2) is 9.07 Å². The first-order valence-corrected chi connectivity index (χ1v) is 8.77. The number of benzene rings is 1. The van der Waals surface area contributed by atoms with E-state index >= 15 is 0 Å². The van der Waals surface area contributed by atoms with Gasteiger partial charge >= 0.3 is 6.18 Å². The summed E-state index contributed by atoms with van der Waals surface area (Å²) in [5.41, 5.74) is -1.88. The fourth-order valence-corrected chi connectivity index (χ4v) is 2.67. The third kappa shape index (κ3) is 4.48. The van der Waals surface area contributed by atoms with Crippen LogP contribution in [0.3, 0.4) is 0 Å². The summed E-state index contributed by atoms with van der Waals surface area (Å²) in [4.78, 5) is 14.8. The van der Waals surface area contributed by atoms with Gasteiger partial charge in [-0.3, -0.25) is 9.78 Å². The Morgan fingerprint density at radius 2 is 1.97 bits per heavy atom. The van der Waals surface area contributed by atoms with Crippen LogP contribution in [0.25, 0.3) is 16.9 Å². The maximum Gasteiger partial charge on any atom is 0.427 e. The fourth-order valence-electron chi connectivity index (χ4n) is 2.67. The molecule has 0 saturated heterocycles. The summed E-state index contributed by atoms with van der Waals surface area (Å²) in [7, 11) is 0. The number of aromatic nitrogens is 3. The molecule has 3 aromatic rings. The lowest BCUT2D eigenvalue weighted by atomic mass is 10.1. The average Bonchev–Trinajstić information content (AvgIpc) is 3.10. The van der Waals surface area contributed by atoms with Gasteiger partial charge in [-0.15, -0.1) is 5.10 Å². The number of nitrogens with zero attached hydrogens (tertiary/aromatic N) is 4. The van der Waals surface area contributed by atoms with E-state index in [0.717, 1.165) is 26.0 Å². The monoisotopic (exact) mass is 433 g/mol. The van der Waals surface area contributed by atoms with E-state index in [0.29, 0.717) is 6.41 Å². The lowest BCUT2D eigenvalue weighted by Gasteiger charge is -2.29. The Balaban J connectivity index is 2.16.